The van der Waals surface area contributed by atoms with Gasteiger partial charge in [-0.05, 0) is 43.9 Å². The van der Waals surface area contributed by atoms with Gasteiger partial charge in [0.2, 0.25) is 0 Å². The first kappa shape index (κ1) is 14.6. The van der Waals surface area contributed by atoms with Gasteiger partial charge in [0.25, 0.3) is 5.91 Å². The van der Waals surface area contributed by atoms with Crippen molar-refractivity contribution in [2.24, 2.45) is 0 Å². The Bertz CT molecular complexity index is 655. The van der Waals surface area contributed by atoms with E-state index in [1.807, 2.05) is 11.8 Å². The second kappa shape index (κ2) is 6.22. The number of hydrogen-bond acceptors (Lipinski definition) is 3. The molecule has 2 heterocycles. The summed E-state index contributed by atoms with van der Waals surface area (Å²) in [5.41, 5.74) is 2.11. The summed E-state index contributed by atoms with van der Waals surface area (Å²) in [6, 6.07) is 6.38. The summed E-state index contributed by atoms with van der Waals surface area (Å²) in [6.45, 7) is 2.53. The van der Waals surface area contributed by atoms with Crippen LogP contribution < -0.4 is 0 Å². The molecule has 1 amide bonds. The summed E-state index contributed by atoms with van der Waals surface area (Å²) >= 11 is 0. The second-order valence-electron chi connectivity index (χ2n) is 5.60. The van der Waals surface area contributed by atoms with Crippen molar-refractivity contribution >= 4 is 5.91 Å². The smallest absolute Gasteiger partial charge is 0.274 e. The lowest BCUT2D eigenvalue weighted by Gasteiger charge is -2.35. The van der Waals surface area contributed by atoms with Gasteiger partial charge in [-0.1, -0.05) is 12.1 Å². The maximum Gasteiger partial charge on any atom is 0.274 e. The van der Waals surface area contributed by atoms with Gasteiger partial charge in [0, 0.05) is 12.7 Å². The highest BCUT2D eigenvalue weighted by atomic mass is 19.1. The average Bonchev–Trinajstić information content (AvgIpc) is 2.56. The van der Waals surface area contributed by atoms with Crippen LogP contribution in [0.3, 0.4) is 0 Å². The minimum absolute atomic E-state index is 0.0232. The molecule has 1 aromatic heterocycles. The van der Waals surface area contributed by atoms with E-state index >= 15 is 0 Å². The third-order valence-electron chi connectivity index (χ3n) is 4.02. The lowest BCUT2D eigenvalue weighted by atomic mass is 9.95. The van der Waals surface area contributed by atoms with Gasteiger partial charge in [-0.3, -0.25) is 9.78 Å². The number of amides is 1. The van der Waals surface area contributed by atoms with Crippen LogP contribution in [-0.4, -0.2) is 27.3 Å². The van der Waals surface area contributed by atoms with E-state index in [0.29, 0.717) is 12.2 Å². The Morgan fingerprint density at radius 3 is 2.64 bits per heavy atom. The maximum atomic E-state index is 13.1. The van der Waals surface area contributed by atoms with Crippen LogP contribution in [-0.2, 0) is 0 Å². The first-order chi connectivity index (χ1) is 10.6. The number of aryl methyl sites for hydroxylation is 1. The van der Waals surface area contributed by atoms with Crippen molar-refractivity contribution in [3.05, 3.63) is 59.4 Å². The van der Waals surface area contributed by atoms with Gasteiger partial charge in [0.05, 0.1) is 17.9 Å². The van der Waals surface area contributed by atoms with Gasteiger partial charge in [-0.2, -0.15) is 0 Å². The van der Waals surface area contributed by atoms with Crippen LogP contribution in [0.25, 0.3) is 0 Å². The van der Waals surface area contributed by atoms with Crippen molar-refractivity contribution in [1.29, 1.82) is 0 Å². The zero-order valence-corrected chi connectivity index (χ0v) is 12.5. The quantitative estimate of drug-likeness (QED) is 0.855. The third-order valence-corrected chi connectivity index (χ3v) is 4.02. The van der Waals surface area contributed by atoms with E-state index in [1.54, 1.807) is 18.3 Å². The molecule has 0 N–H and O–H groups in total. The zero-order chi connectivity index (χ0) is 15.5. The monoisotopic (exact) mass is 299 g/mol. The van der Waals surface area contributed by atoms with Gasteiger partial charge in [0.15, 0.2) is 0 Å². The standard InChI is InChI=1S/C17H18FN3O/c1-12-10-20-15(11-19-12)17(22)21-9-3-2-4-16(21)13-5-7-14(18)8-6-13/h5-8,10-11,16H,2-4,9H2,1H3/t16-/m1/s1. The summed E-state index contributed by atoms with van der Waals surface area (Å²) < 4.78 is 13.1. The van der Waals surface area contributed by atoms with Gasteiger partial charge < -0.3 is 4.90 Å². The molecule has 1 fully saturated rings. The topological polar surface area (TPSA) is 46.1 Å². The number of likely N-dealkylation sites (tertiary alicyclic amines) is 1. The number of carbonyl (C=O) groups is 1. The Balaban J connectivity index is 1.87. The third kappa shape index (κ3) is 2.98. The molecule has 0 radical (unpaired) electrons. The van der Waals surface area contributed by atoms with E-state index in [2.05, 4.69) is 9.97 Å². The molecule has 1 aliphatic heterocycles. The summed E-state index contributed by atoms with van der Waals surface area (Å²) in [5.74, 6) is -0.372. The van der Waals surface area contributed by atoms with Gasteiger partial charge in [-0.25, -0.2) is 9.37 Å². The molecule has 2 aromatic rings. The van der Waals surface area contributed by atoms with Crippen LogP contribution in [0.1, 0.15) is 47.1 Å². The highest BCUT2D eigenvalue weighted by Crippen LogP contribution is 2.31. The van der Waals surface area contributed by atoms with E-state index in [-0.39, 0.29) is 17.8 Å². The van der Waals surface area contributed by atoms with E-state index in [1.165, 1.54) is 18.3 Å². The normalized spacial score (nSPS) is 18.3. The first-order valence-corrected chi connectivity index (χ1v) is 7.50. The average molecular weight is 299 g/mol. The van der Waals surface area contributed by atoms with Crippen LogP contribution >= 0.6 is 0 Å². The van der Waals surface area contributed by atoms with Crippen molar-refractivity contribution in [3.63, 3.8) is 0 Å². The minimum atomic E-state index is -0.262. The van der Waals surface area contributed by atoms with Crippen molar-refractivity contribution in [2.75, 3.05) is 6.54 Å². The van der Waals surface area contributed by atoms with Crippen LogP contribution in [0.4, 0.5) is 4.39 Å². The van der Waals surface area contributed by atoms with Crippen LogP contribution in [0, 0.1) is 12.7 Å². The SMILES string of the molecule is Cc1cnc(C(=O)N2CCCC[C@@H]2c2ccc(F)cc2)cn1. The van der Waals surface area contributed by atoms with E-state index in [4.69, 9.17) is 0 Å². The molecule has 0 aliphatic carbocycles. The molecule has 1 atom stereocenters. The largest absolute Gasteiger partial charge is 0.330 e. The van der Waals surface area contributed by atoms with Crippen molar-refractivity contribution in [2.45, 2.75) is 32.2 Å². The predicted molar refractivity (Wildman–Crippen MR) is 80.8 cm³/mol. The van der Waals surface area contributed by atoms with Crippen molar-refractivity contribution < 1.29 is 9.18 Å². The number of benzene rings is 1. The van der Waals surface area contributed by atoms with Gasteiger partial charge in [0.1, 0.15) is 11.5 Å². The second-order valence-corrected chi connectivity index (χ2v) is 5.60. The zero-order valence-electron chi connectivity index (χ0n) is 12.5. The highest BCUT2D eigenvalue weighted by Gasteiger charge is 2.29. The summed E-state index contributed by atoms with van der Waals surface area (Å²) in [4.78, 5) is 22.9. The van der Waals surface area contributed by atoms with E-state index in [0.717, 1.165) is 30.5 Å². The Morgan fingerprint density at radius 2 is 1.95 bits per heavy atom. The number of aromatic nitrogens is 2. The minimum Gasteiger partial charge on any atom is -0.330 e. The number of rotatable bonds is 2. The summed E-state index contributed by atoms with van der Waals surface area (Å²) in [6.07, 6.45) is 6.04. The first-order valence-electron chi connectivity index (χ1n) is 7.50. The Kier molecular flexibility index (Phi) is 4.13. The fourth-order valence-electron chi connectivity index (χ4n) is 2.86. The number of carbonyl (C=O) groups excluding carboxylic acids is 1. The lowest BCUT2D eigenvalue weighted by Crippen LogP contribution is -2.39. The molecule has 114 valence electrons. The Morgan fingerprint density at radius 1 is 1.18 bits per heavy atom. The number of hydrogen-bond donors (Lipinski definition) is 0. The van der Waals surface area contributed by atoms with Gasteiger partial charge >= 0.3 is 0 Å². The van der Waals surface area contributed by atoms with Crippen molar-refractivity contribution in [3.8, 4) is 0 Å². The van der Waals surface area contributed by atoms with Crippen molar-refractivity contribution in [1.82, 2.24) is 14.9 Å². The molecule has 5 heteroatoms. The molecule has 1 saturated heterocycles. The summed E-state index contributed by atoms with van der Waals surface area (Å²) in [7, 11) is 0. The number of halogens is 1. The maximum absolute atomic E-state index is 13.1. The Hall–Kier alpha value is -2.30. The van der Waals surface area contributed by atoms with Crippen LogP contribution in [0.2, 0.25) is 0 Å². The molecule has 1 aromatic carbocycles. The molecule has 3 rings (SSSR count). The molecule has 0 unspecified atom stereocenters. The molecular formula is C17H18FN3O. The molecule has 0 saturated carbocycles. The molecule has 0 spiro atoms. The molecule has 0 bridgehead atoms. The number of nitrogens with zero attached hydrogens (tertiary/aromatic N) is 3. The molecule has 4 nitrogen and oxygen atoms in total. The fraction of sp³-hybridized carbons (Fsp3) is 0.353. The van der Waals surface area contributed by atoms with Crippen LogP contribution in [0.5, 0.6) is 0 Å². The van der Waals surface area contributed by atoms with E-state index < -0.39 is 0 Å². The molecule has 22 heavy (non-hydrogen) atoms. The molecular weight excluding hydrogens is 281 g/mol. The fourth-order valence-corrected chi connectivity index (χ4v) is 2.86. The van der Waals surface area contributed by atoms with E-state index in [9.17, 15) is 9.18 Å². The lowest BCUT2D eigenvalue weighted by molar-refractivity contribution is 0.0605. The highest BCUT2D eigenvalue weighted by molar-refractivity contribution is 5.92. The Labute approximate surface area is 129 Å². The number of piperidine rings is 1. The van der Waals surface area contributed by atoms with Crippen LogP contribution in [0.15, 0.2) is 36.7 Å². The van der Waals surface area contributed by atoms with Gasteiger partial charge in [-0.15, -0.1) is 0 Å². The predicted octanol–water partition coefficient (Wildman–Crippen LogP) is 3.29. The molecule has 1 aliphatic rings. The summed E-state index contributed by atoms with van der Waals surface area (Å²) in [5, 5.41) is 0.